The van der Waals surface area contributed by atoms with Gasteiger partial charge < -0.3 is 15.7 Å². The van der Waals surface area contributed by atoms with Gasteiger partial charge in [0.1, 0.15) is 0 Å². The van der Waals surface area contributed by atoms with Crippen molar-refractivity contribution in [2.24, 2.45) is 0 Å². The van der Waals surface area contributed by atoms with Gasteiger partial charge in [0.05, 0.1) is 6.61 Å². The van der Waals surface area contributed by atoms with Crippen LogP contribution in [0.15, 0.2) is 42.5 Å². The van der Waals surface area contributed by atoms with Gasteiger partial charge in [-0.15, -0.1) is 0 Å². The molecule has 0 aliphatic carbocycles. The summed E-state index contributed by atoms with van der Waals surface area (Å²) in [7, 11) is 0. The third-order valence-corrected chi connectivity index (χ3v) is 3.49. The number of rotatable bonds is 5. The van der Waals surface area contributed by atoms with E-state index in [9.17, 15) is 14.7 Å². The molecule has 0 aliphatic heterocycles. The molecular formula is C17H17ClN2O3. The van der Waals surface area contributed by atoms with Crippen LogP contribution in [0.25, 0.3) is 0 Å². The average Bonchev–Trinajstić information content (AvgIpc) is 2.56. The Kier molecular flexibility index (Phi) is 5.73. The molecule has 120 valence electrons. The fraction of sp³-hybridized carbons (Fsp3) is 0.176. The molecular weight excluding hydrogens is 316 g/mol. The molecule has 0 atom stereocenters. The second-order valence-corrected chi connectivity index (χ2v) is 5.33. The van der Waals surface area contributed by atoms with Crippen molar-refractivity contribution < 1.29 is 14.7 Å². The van der Waals surface area contributed by atoms with E-state index in [1.807, 2.05) is 0 Å². The first-order valence-corrected chi connectivity index (χ1v) is 7.52. The molecule has 23 heavy (non-hydrogen) atoms. The maximum absolute atomic E-state index is 12.3. The van der Waals surface area contributed by atoms with Crippen LogP contribution in [0.1, 0.15) is 29.3 Å². The van der Waals surface area contributed by atoms with Gasteiger partial charge in [0, 0.05) is 33.9 Å². The van der Waals surface area contributed by atoms with Crippen LogP contribution in [-0.2, 0) is 11.4 Å². The molecule has 0 aromatic heterocycles. The van der Waals surface area contributed by atoms with Crippen molar-refractivity contribution in [3.05, 3.63) is 58.6 Å². The van der Waals surface area contributed by atoms with Crippen molar-refractivity contribution in [2.75, 3.05) is 10.6 Å². The molecule has 0 heterocycles. The highest BCUT2D eigenvalue weighted by Gasteiger charge is 2.11. The van der Waals surface area contributed by atoms with E-state index in [4.69, 9.17) is 11.6 Å². The quantitative estimate of drug-likeness (QED) is 0.784. The Labute approximate surface area is 139 Å². The lowest BCUT2D eigenvalue weighted by Crippen LogP contribution is -2.15. The highest BCUT2D eigenvalue weighted by Crippen LogP contribution is 2.20. The maximum Gasteiger partial charge on any atom is 0.255 e. The van der Waals surface area contributed by atoms with Gasteiger partial charge in [-0.2, -0.15) is 0 Å². The van der Waals surface area contributed by atoms with Gasteiger partial charge in [-0.05, 0) is 36.4 Å². The van der Waals surface area contributed by atoms with Crippen LogP contribution in [0, 0.1) is 0 Å². The van der Waals surface area contributed by atoms with Crippen LogP contribution in [0.3, 0.4) is 0 Å². The lowest BCUT2D eigenvalue weighted by molar-refractivity contribution is -0.115. The Balaban J connectivity index is 2.21. The molecule has 2 amide bonds. The van der Waals surface area contributed by atoms with Gasteiger partial charge in [-0.25, -0.2) is 0 Å². The van der Waals surface area contributed by atoms with Gasteiger partial charge in [0.25, 0.3) is 5.91 Å². The molecule has 0 bridgehead atoms. The minimum Gasteiger partial charge on any atom is -0.392 e. The van der Waals surface area contributed by atoms with E-state index in [1.54, 1.807) is 49.4 Å². The van der Waals surface area contributed by atoms with Gasteiger partial charge in [-0.1, -0.05) is 24.6 Å². The second kappa shape index (κ2) is 7.76. The van der Waals surface area contributed by atoms with E-state index in [0.717, 1.165) is 0 Å². The molecule has 2 rings (SSSR count). The number of carbonyl (C=O) groups is 2. The lowest BCUT2D eigenvalue weighted by atomic mass is 10.1. The van der Waals surface area contributed by atoms with Crippen molar-refractivity contribution in [3.63, 3.8) is 0 Å². The normalized spacial score (nSPS) is 10.2. The van der Waals surface area contributed by atoms with Crippen LogP contribution in [0.2, 0.25) is 5.02 Å². The third kappa shape index (κ3) is 4.55. The Morgan fingerprint density at radius 1 is 1.09 bits per heavy atom. The molecule has 2 aromatic rings. The first-order valence-electron chi connectivity index (χ1n) is 7.14. The summed E-state index contributed by atoms with van der Waals surface area (Å²) in [5.41, 5.74) is 1.98. The van der Waals surface area contributed by atoms with Crippen molar-refractivity contribution in [3.8, 4) is 0 Å². The molecule has 0 spiro atoms. The second-order valence-electron chi connectivity index (χ2n) is 4.89. The summed E-state index contributed by atoms with van der Waals surface area (Å²) in [4.78, 5) is 23.8. The number of nitrogens with one attached hydrogen (secondary N) is 2. The molecule has 3 N–H and O–H groups in total. The van der Waals surface area contributed by atoms with E-state index < -0.39 is 0 Å². The molecule has 0 aliphatic rings. The predicted octanol–water partition coefficient (Wildman–Crippen LogP) is 3.43. The smallest absolute Gasteiger partial charge is 0.255 e. The summed E-state index contributed by atoms with van der Waals surface area (Å²) >= 11 is 5.80. The number of carbonyl (C=O) groups excluding carboxylic acids is 2. The van der Waals surface area contributed by atoms with Crippen LogP contribution in [-0.4, -0.2) is 16.9 Å². The van der Waals surface area contributed by atoms with Crippen LogP contribution < -0.4 is 10.6 Å². The summed E-state index contributed by atoms with van der Waals surface area (Å²) < 4.78 is 0. The fourth-order valence-electron chi connectivity index (χ4n) is 1.95. The van der Waals surface area contributed by atoms with E-state index >= 15 is 0 Å². The third-order valence-electron chi connectivity index (χ3n) is 3.24. The summed E-state index contributed by atoms with van der Waals surface area (Å²) in [6.07, 6.45) is 0.312. The number of aliphatic hydroxyl groups excluding tert-OH is 1. The zero-order valence-electron chi connectivity index (χ0n) is 12.6. The number of hydrogen-bond donors (Lipinski definition) is 3. The molecule has 0 saturated heterocycles. The number of anilines is 2. The van der Waals surface area contributed by atoms with Crippen molar-refractivity contribution in [1.82, 2.24) is 0 Å². The predicted molar refractivity (Wildman–Crippen MR) is 90.7 cm³/mol. The van der Waals surface area contributed by atoms with Gasteiger partial charge in [-0.3, -0.25) is 9.59 Å². The summed E-state index contributed by atoms with van der Waals surface area (Å²) in [5.74, 6) is -0.501. The molecule has 0 saturated carbocycles. The minimum absolute atomic E-state index is 0.185. The monoisotopic (exact) mass is 332 g/mol. The first kappa shape index (κ1) is 17.0. The number of amides is 2. The van der Waals surface area contributed by atoms with Crippen molar-refractivity contribution in [1.29, 1.82) is 0 Å². The molecule has 0 fully saturated rings. The zero-order valence-corrected chi connectivity index (χ0v) is 13.4. The number of hydrogen-bond acceptors (Lipinski definition) is 3. The van der Waals surface area contributed by atoms with Crippen molar-refractivity contribution >= 4 is 34.8 Å². The Morgan fingerprint density at radius 2 is 1.78 bits per heavy atom. The molecule has 0 unspecified atom stereocenters. The van der Waals surface area contributed by atoms with Gasteiger partial charge >= 0.3 is 0 Å². The van der Waals surface area contributed by atoms with E-state index in [1.165, 1.54) is 0 Å². The summed E-state index contributed by atoms with van der Waals surface area (Å²) in [6, 6.07) is 11.5. The Bertz CT molecular complexity index is 714. The summed E-state index contributed by atoms with van der Waals surface area (Å²) in [5, 5.41) is 15.3. The van der Waals surface area contributed by atoms with E-state index in [2.05, 4.69) is 10.6 Å². The highest BCUT2D eigenvalue weighted by molar-refractivity contribution is 6.30. The van der Waals surface area contributed by atoms with Crippen LogP contribution >= 0.6 is 11.6 Å². The standard InChI is InChI=1S/C17H17ClN2O3/c1-2-16(22)20-15-9-11(3-4-12(15)10-21)17(23)19-14-7-5-13(18)6-8-14/h3-9,21H,2,10H2,1H3,(H,19,23)(H,20,22). The zero-order chi connectivity index (χ0) is 16.8. The number of aliphatic hydroxyl groups is 1. The lowest BCUT2D eigenvalue weighted by Gasteiger charge is -2.11. The molecule has 6 heteroatoms. The minimum atomic E-state index is -0.316. The average molecular weight is 333 g/mol. The summed E-state index contributed by atoms with van der Waals surface area (Å²) in [6.45, 7) is 1.50. The first-order chi connectivity index (χ1) is 11.0. The van der Waals surface area contributed by atoms with Crippen molar-refractivity contribution in [2.45, 2.75) is 20.0 Å². The largest absolute Gasteiger partial charge is 0.392 e. The van der Waals surface area contributed by atoms with E-state index in [0.29, 0.717) is 33.9 Å². The highest BCUT2D eigenvalue weighted by atomic mass is 35.5. The Hall–Kier alpha value is -2.37. The van der Waals surface area contributed by atoms with Gasteiger partial charge in [0.15, 0.2) is 0 Å². The molecule has 5 nitrogen and oxygen atoms in total. The van der Waals surface area contributed by atoms with Crippen LogP contribution in [0.5, 0.6) is 0 Å². The Morgan fingerprint density at radius 3 is 2.39 bits per heavy atom. The molecule has 0 radical (unpaired) electrons. The SMILES string of the molecule is CCC(=O)Nc1cc(C(=O)Nc2ccc(Cl)cc2)ccc1CO. The van der Waals surface area contributed by atoms with Crippen LogP contribution in [0.4, 0.5) is 11.4 Å². The number of benzene rings is 2. The molecule has 2 aromatic carbocycles. The van der Waals surface area contributed by atoms with E-state index in [-0.39, 0.29) is 18.4 Å². The van der Waals surface area contributed by atoms with Gasteiger partial charge in [0.2, 0.25) is 5.91 Å². The number of halogens is 1. The topological polar surface area (TPSA) is 78.4 Å². The fourth-order valence-corrected chi connectivity index (χ4v) is 2.07. The maximum atomic E-state index is 12.3.